The molecule has 1 saturated heterocycles. The van der Waals surface area contributed by atoms with Crippen LogP contribution >= 0.6 is 12.2 Å². The van der Waals surface area contributed by atoms with Crippen LogP contribution in [0.2, 0.25) is 0 Å². The van der Waals surface area contributed by atoms with Crippen molar-refractivity contribution in [2.24, 2.45) is 12.8 Å². The second-order valence-electron chi connectivity index (χ2n) is 4.31. The molecular weight excluding hydrogens is 252 g/mol. The lowest BCUT2D eigenvalue weighted by atomic mass is 10.2. The van der Waals surface area contributed by atoms with Crippen molar-refractivity contribution in [3.63, 3.8) is 0 Å². The zero-order chi connectivity index (χ0) is 13.3. The minimum absolute atomic E-state index is 0.0508. The Bertz CT molecular complexity index is 485. The number of rotatable bonds is 2. The van der Waals surface area contributed by atoms with Crippen LogP contribution in [0.3, 0.4) is 0 Å². The van der Waals surface area contributed by atoms with Crippen LogP contribution in [-0.4, -0.2) is 51.4 Å². The SMILES string of the molecule is Cc1nn(C)cc1C(=O)N1CCOC(C(N)=S)C1. The average molecular weight is 268 g/mol. The smallest absolute Gasteiger partial charge is 0.257 e. The third-order valence-corrected chi connectivity index (χ3v) is 3.18. The molecule has 1 aliphatic heterocycles. The van der Waals surface area contributed by atoms with Gasteiger partial charge in [0.2, 0.25) is 0 Å². The Morgan fingerprint density at radius 2 is 2.39 bits per heavy atom. The van der Waals surface area contributed by atoms with Crippen molar-refractivity contribution in [1.82, 2.24) is 14.7 Å². The number of thiocarbonyl (C=S) groups is 1. The summed E-state index contributed by atoms with van der Waals surface area (Å²) in [6, 6.07) is 0. The molecule has 0 radical (unpaired) electrons. The molecule has 0 saturated carbocycles. The first-order valence-electron chi connectivity index (χ1n) is 5.69. The third kappa shape index (κ3) is 2.51. The number of morpholine rings is 1. The predicted octanol–water partition coefficient (Wildman–Crippen LogP) is -0.144. The highest BCUT2D eigenvalue weighted by molar-refractivity contribution is 7.80. The molecule has 7 heteroatoms. The maximum absolute atomic E-state index is 12.3. The first-order valence-corrected chi connectivity index (χ1v) is 6.10. The number of aromatic nitrogens is 2. The van der Waals surface area contributed by atoms with E-state index in [1.165, 1.54) is 0 Å². The lowest BCUT2D eigenvalue weighted by molar-refractivity contribution is 0.00874. The number of hydrogen-bond acceptors (Lipinski definition) is 4. The Balaban J connectivity index is 2.14. The molecule has 0 aliphatic carbocycles. The molecule has 1 amide bonds. The van der Waals surface area contributed by atoms with Gasteiger partial charge in [-0.05, 0) is 6.92 Å². The minimum Gasteiger partial charge on any atom is -0.391 e. The summed E-state index contributed by atoms with van der Waals surface area (Å²) >= 11 is 4.90. The van der Waals surface area contributed by atoms with Gasteiger partial charge in [-0.25, -0.2) is 0 Å². The van der Waals surface area contributed by atoms with Crippen LogP contribution in [0.1, 0.15) is 16.1 Å². The van der Waals surface area contributed by atoms with Gasteiger partial charge in [0.05, 0.1) is 24.4 Å². The van der Waals surface area contributed by atoms with E-state index in [0.29, 0.717) is 25.3 Å². The Hall–Kier alpha value is -1.47. The van der Waals surface area contributed by atoms with Crippen LogP contribution < -0.4 is 5.73 Å². The molecule has 2 N–H and O–H groups in total. The lowest BCUT2D eigenvalue weighted by Gasteiger charge is -2.32. The van der Waals surface area contributed by atoms with Gasteiger partial charge in [0.1, 0.15) is 11.1 Å². The van der Waals surface area contributed by atoms with Crippen LogP contribution in [-0.2, 0) is 11.8 Å². The Kier molecular flexibility index (Phi) is 3.63. The summed E-state index contributed by atoms with van der Waals surface area (Å²) in [4.78, 5) is 14.3. The monoisotopic (exact) mass is 268 g/mol. The molecule has 1 aliphatic rings. The molecular formula is C11H16N4O2S. The second-order valence-corrected chi connectivity index (χ2v) is 4.79. The Labute approximate surface area is 111 Å². The molecule has 98 valence electrons. The first kappa shape index (κ1) is 13.0. The average Bonchev–Trinajstić information content (AvgIpc) is 2.67. The quantitative estimate of drug-likeness (QED) is 0.756. The van der Waals surface area contributed by atoms with Gasteiger partial charge in [-0.15, -0.1) is 0 Å². The fourth-order valence-electron chi connectivity index (χ4n) is 1.99. The third-order valence-electron chi connectivity index (χ3n) is 2.91. The fourth-order valence-corrected chi connectivity index (χ4v) is 2.13. The summed E-state index contributed by atoms with van der Waals surface area (Å²) in [6.07, 6.45) is 1.37. The number of aryl methyl sites for hydroxylation is 2. The maximum Gasteiger partial charge on any atom is 0.257 e. The number of carbonyl (C=O) groups excluding carboxylic acids is 1. The molecule has 2 rings (SSSR count). The molecule has 6 nitrogen and oxygen atoms in total. The number of nitrogens with zero attached hydrogens (tertiary/aromatic N) is 3. The molecule has 18 heavy (non-hydrogen) atoms. The highest BCUT2D eigenvalue weighted by Gasteiger charge is 2.28. The lowest BCUT2D eigenvalue weighted by Crippen LogP contribution is -2.50. The molecule has 1 atom stereocenters. The highest BCUT2D eigenvalue weighted by atomic mass is 32.1. The summed E-state index contributed by atoms with van der Waals surface area (Å²) < 4.78 is 7.04. The summed E-state index contributed by atoms with van der Waals surface area (Å²) in [5.74, 6) is -0.0508. The van der Waals surface area contributed by atoms with Gasteiger partial charge in [-0.1, -0.05) is 12.2 Å². The maximum atomic E-state index is 12.3. The van der Waals surface area contributed by atoms with E-state index in [1.54, 1.807) is 22.8 Å². The van der Waals surface area contributed by atoms with Crippen LogP contribution in [0.5, 0.6) is 0 Å². The molecule has 2 heterocycles. The van der Waals surface area contributed by atoms with E-state index in [9.17, 15) is 4.79 Å². The minimum atomic E-state index is -0.352. The van der Waals surface area contributed by atoms with E-state index < -0.39 is 0 Å². The van der Waals surface area contributed by atoms with Gasteiger partial charge in [-0.2, -0.15) is 5.10 Å². The molecule has 0 bridgehead atoms. The van der Waals surface area contributed by atoms with Gasteiger partial charge in [-0.3, -0.25) is 9.48 Å². The van der Waals surface area contributed by atoms with Crippen molar-refractivity contribution in [2.45, 2.75) is 13.0 Å². The van der Waals surface area contributed by atoms with Crippen molar-refractivity contribution in [3.8, 4) is 0 Å². The van der Waals surface area contributed by atoms with Crippen LogP contribution in [0.4, 0.5) is 0 Å². The number of hydrogen-bond donors (Lipinski definition) is 1. The molecule has 0 aromatic carbocycles. The summed E-state index contributed by atoms with van der Waals surface area (Å²) in [7, 11) is 1.79. The zero-order valence-electron chi connectivity index (χ0n) is 10.4. The van der Waals surface area contributed by atoms with Gasteiger partial charge >= 0.3 is 0 Å². The molecule has 1 aromatic heterocycles. The molecule has 0 spiro atoms. The predicted molar refractivity (Wildman–Crippen MR) is 70.4 cm³/mol. The Morgan fingerprint density at radius 1 is 1.67 bits per heavy atom. The van der Waals surface area contributed by atoms with Crippen molar-refractivity contribution in [2.75, 3.05) is 19.7 Å². The Morgan fingerprint density at radius 3 is 2.94 bits per heavy atom. The van der Waals surface area contributed by atoms with Gasteiger partial charge in [0.15, 0.2) is 0 Å². The van der Waals surface area contributed by atoms with Crippen molar-refractivity contribution < 1.29 is 9.53 Å². The van der Waals surface area contributed by atoms with Crippen molar-refractivity contribution >= 4 is 23.1 Å². The van der Waals surface area contributed by atoms with Crippen LogP contribution in [0.15, 0.2) is 6.20 Å². The molecule has 1 aromatic rings. The van der Waals surface area contributed by atoms with E-state index >= 15 is 0 Å². The van der Waals surface area contributed by atoms with Crippen LogP contribution in [0.25, 0.3) is 0 Å². The van der Waals surface area contributed by atoms with E-state index in [4.69, 9.17) is 22.7 Å². The summed E-state index contributed by atoms with van der Waals surface area (Å²) in [5.41, 5.74) is 6.89. The van der Waals surface area contributed by atoms with Crippen LogP contribution in [0, 0.1) is 6.92 Å². The summed E-state index contributed by atoms with van der Waals surface area (Å²) in [5, 5.41) is 4.17. The number of amides is 1. The van der Waals surface area contributed by atoms with E-state index in [-0.39, 0.29) is 17.0 Å². The zero-order valence-corrected chi connectivity index (χ0v) is 11.2. The van der Waals surface area contributed by atoms with Crippen molar-refractivity contribution in [1.29, 1.82) is 0 Å². The fraction of sp³-hybridized carbons (Fsp3) is 0.545. The number of nitrogens with two attached hydrogens (primary N) is 1. The van der Waals surface area contributed by atoms with Gasteiger partial charge in [0.25, 0.3) is 5.91 Å². The summed E-state index contributed by atoms with van der Waals surface area (Å²) in [6.45, 7) is 3.22. The normalized spacial score (nSPS) is 19.9. The van der Waals surface area contributed by atoms with E-state index in [2.05, 4.69) is 5.10 Å². The second kappa shape index (κ2) is 5.03. The molecule has 1 fully saturated rings. The molecule has 1 unspecified atom stereocenters. The first-order chi connectivity index (χ1) is 8.49. The number of carbonyl (C=O) groups is 1. The van der Waals surface area contributed by atoms with Crippen molar-refractivity contribution in [3.05, 3.63) is 17.5 Å². The van der Waals surface area contributed by atoms with E-state index in [0.717, 1.165) is 5.69 Å². The highest BCUT2D eigenvalue weighted by Crippen LogP contribution is 2.13. The van der Waals surface area contributed by atoms with Gasteiger partial charge in [0, 0.05) is 19.8 Å². The standard InChI is InChI=1S/C11H16N4O2S/c1-7-8(5-14(2)13-7)11(16)15-3-4-17-9(6-15)10(12)18/h5,9H,3-4,6H2,1-2H3,(H2,12,18). The largest absolute Gasteiger partial charge is 0.391 e. The van der Waals surface area contributed by atoms with Gasteiger partial charge < -0.3 is 15.4 Å². The topological polar surface area (TPSA) is 73.4 Å². The van der Waals surface area contributed by atoms with E-state index in [1.807, 2.05) is 6.92 Å². The number of ether oxygens (including phenoxy) is 1.